The van der Waals surface area contributed by atoms with Gasteiger partial charge in [-0.05, 0) is 57.9 Å². The summed E-state index contributed by atoms with van der Waals surface area (Å²) in [7, 11) is 0. The topological polar surface area (TPSA) is 32.3 Å². The number of hydrogen-bond donors (Lipinski definition) is 1. The Kier molecular flexibility index (Phi) is 6.48. The van der Waals surface area contributed by atoms with Crippen LogP contribution in [0.15, 0.2) is 48.5 Å². The molecule has 1 aliphatic heterocycles. The van der Waals surface area contributed by atoms with Crippen molar-refractivity contribution < 1.29 is 18.0 Å². The maximum atomic E-state index is 13.2. The molecule has 30 heavy (non-hydrogen) atoms. The van der Waals surface area contributed by atoms with Gasteiger partial charge in [-0.1, -0.05) is 48.0 Å². The Morgan fingerprint density at radius 3 is 2.37 bits per heavy atom. The molecule has 0 bridgehead atoms. The number of amides is 1. The molecule has 1 N–H and O–H groups in total. The number of carbonyl (C=O) groups is 1. The van der Waals surface area contributed by atoms with E-state index in [9.17, 15) is 18.0 Å². The van der Waals surface area contributed by atoms with Crippen LogP contribution in [-0.4, -0.2) is 28.9 Å². The van der Waals surface area contributed by atoms with Crippen LogP contribution in [0.3, 0.4) is 0 Å². The molecule has 3 nitrogen and oxygen atoms in total. The molecule has 7 heteroatoms. The van der Waals surface area contributed by atoms with Crippen LogP contribution in [0.25, 0.3) is 0 Å². The van der Waals surface area contributed by atoms with Crippen molar-refractivity contribution in [1.29, 1.82) is 0 Å². The van der Waals surface area contributed by atoms with Crippen molar-refractivity contribution in [2.24, 2.45) is 0 Å². The molecule has 2 atom stereocenters. The molecule has 0 radical (unpaired) electrons. The number of nitrogens with zero attached hydrogens (tertiary/aromatic N) is 1. The van der Waals surface area contributed by atoms with Gasteiger partial charge < -0.3 is 5.32 Å². The molecule has 1 amide bonds. The lowest BCUT2D eigenvalue weighted by molar-refractivity contribution is -0.137. The Morgan fingerprint density at radius 1 is 1.13 bits per heavy atom. The second-order valence-electron chi connectivity index (χ2n) is 8.32. The summed E-state index contributed by atoms with van der Waals surface area (Å²) in [5, 5.41) is 2.39. The van der Waals surface area contributed by atoms with Crippen LogP contribution in [0.1, 0.15) is 61.1 Å². The normalized spacial score (nSPS) is 19.0. The van der Waals surface area contributed by atoms with Gasteiger partial charge in [-0.25, -0.2) is 0 Å². The number of nitrogens with one attached hydrogen (secondary N) is 1. The van der Waals surface area contributed by atoms with E-state index in [-0.39, 0.29) is 5.56 Å². The minimum absolute atomic E-state index is 0.183. The highest BCUT2D eigenvalue weighted by Crippen LogP contribution is 2.38. The first-order chi connectivity index (χ1) is 14.0. The Bertz CT molecular complexity index is 899. The molecular formula is C23H26ClF3N2O. The van der Waals surface area contributed by atoms with Crippen LogP contribution < -0.4 is 5.32 Å². The van der Waals surface area contributed by atoms with E-state index in [1.54, 1.807) is 0 Å². The first-order valence-corrected chi connectivity index (χ1v) is 10.4. The van der Waals surface area contributed by atoms with Gasteiger partial charge in [-0.2, -0.15) is 13.2 Å². The maximum absolute atomic E-state index is 13.2. The minimum Gasteiger partial charge on any atom is -0.343 e. The second-order valence-corrected chi connectivity index (χ2v) is 8.70. The van der Waals surface area contributed by atoms with Crippen molar-refractivity contribution in [1.82, 2.24) is 10.2 Å². The van der Waals surface area contributed by atoms with Gasteiger partial charge in [0.25, 0.3) is 5.91 Å². The summed E-state index contributed by atoms with van der Waals surface area (Å²) < 4.78 is 39.7. The zero-order valence-corrected chi connectivity index (χ0v) is 18.0. The zero-order valence-electron chi connectivity index (χ0n) is 17.3. The van der Waals surface area contributed by atoms with E-state index in [0.717, 1.165) is 31.0 Å². The van der Waals surface area contributed by atoms with Crippen LogP contribution in [-0.2, 0) is 6.18 Å². The van der Waals surface area contributed by atoms with Gasteiger partial charge in [-0.15, -0.1) is 0 Å². The summed E-state index contributed by atoms with van der Waals surface area (Å²) in [5.74, 6) is -0.625. The van der Waals surface area contributed by atoms with Gasteiger partial charge in [0.1, 0.15) is 0 Å². The highest BCUT2D eigenvalue weighted by atomic mass is 35.5. The largest absolute Gasteiger partial charge is 0.417 e. The third-order valence-corrected chi connectivity index (χ3v) is 6.36. The van der Waals surface area contributed by atoms with Gasteiger partial charge in [0.2, 0.25) is 0 Å². The average molecular weight is 439 g/mol. The van der Waals surface area contributed by atoms with Gasteiger partial charge >= 0.3 is 6.18 Å². The molecule has 0 aliphatic carbocycles. The summed E-state index contributed by atoms with van der Waals surface area (Å²) in [5.41, 5.74) is -0.766. The van der Waals surface area contributed by atoms with Crippen LogP contribution in [0.2, 0.25) is 5.02 Å². The third-order valence-electron chi connectivity index (χ3n) is 5.96. The predicted octanol–water partition coefficient (Wildman–Crippen LogP) is 6.09. The molecular weight excluding hydrogens is 413 g/mol. The van der Waals surface area contributed by atoms with Crippen LogP contribution in [0.5, 0.6) is 0 Å². The van der Waals surface area contributed by atoms with Gasteiger partial charge in [0.15, 0.2) is 0 Å². The van der Waals surface area contributed by atoms with E-state index < -0.39 is 34.3 Å². The van der Waals surface area contributed by atoms with Gasteiger partial charge in [0, 0.05) is 11.6 Å². The molecule has 2 aromatic carbocycles. The molecule has 162 valence electrons. The molecule has 3 rings (SSSR count). The number of halogens is 4. The number of carbonyl (C=O) groups excluding carboxylic acids is 1. The van der Waals surface area contributed by atoms with Gasteiger partial charge in [0.05, 0.1) is 22.2 Å². The summed E-state index contributed by atoms with van der Waals surface area (Å²) >= 11 is 5.99. The number of likely N-dealkylation sites (tertiary alicyclic amines) is 1. The fraction of sp³-hybridized carbons (Fsp3) is 0.435. The van der Waals surface area contributed by atoms with Crippen LogP contribution in [0.4, 0.5) is 13.2 Å². The first-order valence-electron chi connectivity index (χ1n) is 10.0. The summed E-state index contributed by atoms with van der Waals surface area (Å²) in [6, 6.07) is 12.8. The summed E-state index contributed by atoms with van der Waals surface area (Å²) in [4.78, 5) is 15.4. The quantitative estimate of drug-likeness (QED) is 0.612. The minimum atomic E-state index is -4.63. The molecule has 1 aliphatic rings. The monoisotopic (exact) mass is 438 g/mol. The molecule has 1 fully saturated rings. The lowest BCUT2D eigenvalue weighted by Gasteiger charge is -2.45. The highest BCUT2D eigenvalue weighted by molar-refractivity contribution is 6.34. The summed E-state index contributed by atoms with van der Waals surface area (Å²) in [6.07, 6.45) is -2.49. The zero-order chi connectivity index (χ0) is 22.1. The molecule has 2 aromatic rings. The predicted molar refractivity (Wildman–Crippen MR) is 113 cm³/mol. The second kappa shape index (κ2) is 8.60. The Morgan fingerprint density at radius 2 is 1.80 bits per heavy atom. The van der Waals surface area contributed by atoms with Crippen molar-refractivity contribution >= 4 is 17.5 Å². The highest BCUT2D eigenvalue weighted by Gasteiger charge is 2.42. The average Bonchev–Trinajstić information content (AvgIpc) is 3.12. The fourth-order valence-electron chi connectivity index (χ4n) is 4.40. The van der Waals surface area contributed by atoms with Crippen molar-refractivity contribution in [2.75, 3.05) is 6.54 Å². The van der Waals surface area contributed by atoms with Crippen LogP contribution >= 0.6 is 11.6 Å². The van der Waals surface area contributed by atoms with Crippen molar-refractivity contribution in [3.05, 3.63) is 70.2 Å². The first kappa shape index (κ1) is 22.6. The Hall–Kier alpha value is -2.05. The number of hydrogen-bond acceptors (Lipinski definition) is 2. The van der Waals surface area contributed by atoms with E-state index in [2.05, 4.69) is 31.0 Å². The van der Waals surface area contributed by atoms with E-state index in [0.29, 0.717) is 6.04 Å². The van der Waals surface area contributed by atoms with E-state index in [4.69, 9.17) is 11.6 Å². The molecule has 0 aromatic heterocycles. The lowest BCUT2D eigenvalue weighted by atomic mass is 9.86. The summed E-state index contributed by atoms with van der Waals surface area (Å²) in [6.45, 7) is 7.17. The molecule has 1 heterocycles. The SMILES string of the molecule is CC1CCCN1C(C)(C)C(NC(=O)c1cccc(C(F)(F)F)c1Cl)c1ccccc1. The number of benzene rings is 2. The van der Waals surface area contributed by atoms with Gasteiger partial charge in [-0.3, -0.25) is 9.69 Å². The van der Waals surface area contributed by atoms with Crippen molar-refractivity contribution in [3.8, 4) is 0 Å². The van der Waals surface area contributed by atoms with E-state index >= 15 is 0 Å². The van der Waals surface area contributed by atoms with E-state index in [1.165, 1.54) is 12.1 Å². The number of rotatable bonds is 5. The molecule has 0 saturated carbocycles. The van der Waals surface area contributed by atoms with Crippen molar-refractivity contribution in [3.63, 3.8) is 0 Å². The third kappa shape index (κ3) is 4.49. The number of alkyl halides is 3. The maximum Gasteiger partial charge on any atom is 0.417 e. The molecule has 0 spiro atoms. The Labute approximate surface area is 180 Å². The van der Waals surface area contributed by atoms with E-state index in [1.807, 2.05) is 30.3 Å². The molecule has 2 unspecified atom stereocenters. The molecule has 1 saturated heterocycles. The van der Waals surface area contributed by atoms with Crippen molar-refractivity contribution in [2.45, 2.75) is 57.4 Å². The Balaban J connectivity index is 1.98. The standard InChI is InChI=1S/C23H26ClF3N2O/c1-15-9-8-14-29(15)22(2,3)20(16-10-5-4-6-11-16)28-21(30)17-12-7-13-18(19(17)24)23(25,26)27/h4-7,10-13,15,20H,8-9,14H2,1-3H3,(H,28,30). The smallest absolute Gasteiger partial charge is 0.343 e. The lowest BCUT2D eigenvalue weighted by Crippen LogP contribution is -2.54. The van der Waals surface area contributed by atoms with Crippen LogP contribution in [0, 0.1) is 0 Å². The fourth-order valence-corrected chi connectivity index (χ4v) is 4.72.